The molecule has 1 amide bonds. The molecule has 1 aliphatic carbocycles. The lowest BCUT2D eigenvalue weighted by Crippen LogP contribution is -2.62. The van der Waals surface area contributed by atoms with Crippen molar-refractivity contribution in [3.8, 4) is 5.75 Å². The minimum Gasteiger partial charge on any atom is -0.486 e. The number of halogens is 1. The minimum atomic E-state index is -1.39. The van der Waals surface area contributed by atoms with Gasteiger partial charge in [0.15, 0.2) is 12.1 Å². The Labute approximate surface area is 194 Å². The Balaban J connectivity index is 1.66. The Hall–Kier alpha value is -2.02. The molecule has 2 aliphatic rings. The zero-order valence-corrected chi connectivity index (χ0v) is 18.9. The second-order valence-corrected chi connectivity index (χ2v) is 8.74. The van der Waals surface area contributed by atoms with Crippen molar-refractivity contribution in [1.29, 1.82) is 0 Å². The van der Waals surface area contributed by atoms with E-state index in [4.69, 9.17) is 33.3 Å². The first-order chi connectivity index (χ1) is 15.3. The van der Waals surface area contributed by atoms with Crippen LogP contribution in [0.15, 0.2) is 24.3 Å². The largest absolute Gasteiger partial charge is 0.486 e. The molecule has 4 N–H and O–H groups in total. The Morgan fingerprint density at radius 2 is 2.00 bits per heavy atom. The van der Waals surface area contributed by atoms with Crippen LogP contribution in [-0.2, 0) is 16.1 Å². The fraction of sp³-hybridized carbons (Fsp3) is 0.550. The van der Waals surface area contributed by atoms with Gasteiger partial charge in [0.05, 0.1) is 6.61 Å². The Kier molecular flexibility index (Phi) is 6.84. The van der Waals surface area contributed by atoms with E-state index in [1.807, 2.05) is 4.57 Å². The van der Waals surface area contributed by atoms with Crippen LogP contribution in [-0.4, -0.2) is 66.5 Å². The predicted molar refractivity (Wildman–Crippen MR) is 116 cm³/mol. The summed E-state index contributed by atoms with van der Waals surface area (Å²) < 4.78 is 15.3. The van der Waals surface area contributed by atoms with E-state index in [1.54, 1.807) is 24.3 Å². The molecule has 1 aliphatic heterocycles. The van der Waals surface area contributed by atoms with Gasteiger partial charge in [-0.1, -0.05) is 11.6 Å². The minimum absolute atomic E-state index is 0.126. The number of aliphatic hydroxyl groups is 3. The van der Waals surface area contributed by atoms with Crippen LogP contribution in [0.2, 0.25) is 5.02 Å². The summed E-state index contributed by atoms with van der Waals surface area (Å²) in [5.41, 5.74) is 0. The molecule has 174 valence electrons. The fourth-order valence-electron chi connectivity index (χ4n) is 3.78. The van der Waals surface area contributed by atoms with Gasteiger partial charge >= 0.3 is 0 Å². The van der Waals surface area contributed by atoms with Crippen molar-refractivity contribution >= 4 is 29.7 Å². The summed E-state index contributed by atoms with van der Waals surface area (Å²) in [6, 6.07) is 6.08. The number of carbonyl (C=O) groups excluding carboxylic acids is 1. The standard InChI is InChI=1S/C20H25ClN4O6S/c1-10(27)22-16-18(29)17(28)14(8-26)31-19(16)25-20(32)24(12-4-5-12)15(23-25)9-30-13-6-2-11(21)3-7-13/h2-3,6-7,12,14,16-19,26,28-29H,4-5,8-9H2,1H3,(H,22,27)/t14-,16-,17-,18+,19+/m1/s1. The molecule has 0 radical (unpaired) electrons. The second kappa shape index (κ2) is 9.46. The zero-order valence-electron chi connectivity index (χ0n) is 17.3. The molecule has 4 rings (SSSR count). The van der Waals surface area contributed by atoms with Gasteiger partial charge in [0.2, 0.25) is 10.7 Å². The summed E-state index contributed by atoms with van der Waals surface area (Å²) >= 11 is 11.6. The number of carbonyl (C=O) groups is 1. The van der Waals surface area contributed by atoms with E-state index in [9.17, 15) is 20.1 Å². The highest BCUT2D eigenvalue weighted by Gasteiger charge is 2.47. The van der Waals surface area contributed by atoms with Gasteiger partial charge in [-0.25, -0.2) is 4.68 Å². The van der Waals surface area contributed by atoms with E-state index >= 15 is 0 Å². The molecule has 1 saturated heterocycles. The van der Waals surface area contributed by atoms with E-state index in [0.29, 0.717) is 21.4 Å². The molecule has 5 atom stereocenters. The topological polar surface area (TPSA) is 131 Å². The predicted octanol–water partition coefficient (Wildman–Crippen LogP) is 1.10. The number of aromatic nitrogens is 3. The number of hydrogen-bond donors (Lipinski definition) is 4. The van der Waals surface area contributed by atoms with Crippen LogP contribution in [0, 0.1) is 4.77 Å². The van der Waals surface area contributed by atoms with E-state index < -0.39 is 43.1 Å². The van der Waals surface area contributed by atoms with Crippen LogP contribution < -0.4 is 10.1 Å². The molecule has 32 heavy (non-hydrogen) atoms. The summed E-state index contributed by atoms with van der Waals surface area (Å²) in [6.45, 7) is 0.896. The Morgan fingerprint density at radius 3 is 2.59 bits per heavy atom. The summed E-state index contributed by atoms with van der Waals surface area (Å²) in [6.07, 6.45) is -3.00. The van der Waals surface area contributed by atoms with Gasteiger partial charge in [-0.2, -0.15) is 5.10 Å². The molecular weight excluding hydrogens is 460 g/mol. The number of hydrogen-bond acceptors (Lipinski definition) is 8. The molecule has 0 spiro atoms. The van der Waals surface area contributed by atoms with Gasteiger partial charge < -0.3 is 30.1 Å². The van der Waals surface area contributed by atoms with Crippen LogP contribution in [0.4, 0.5) is 0 Å². The third kappa shape index (κ3) is 4.68. The lowest BCUT2D eigenvalue weighted by molar-refractivity contribution is -0.219. The number of ether oxygens (including phenoxy) is 2. The molecule has 10 nitrogen and oxygen atoms in total. The van der Waals surface area contributed by atoms with Gasteiger partial charge in [-0.05, 0) is 49.3 Å². The molecule has 1 aromatic heterocycles. The lowest BCUT2D eigenvalue weighted by Gasteiger charge is -2.42. The number of amides is 1. The van der Waals surface area contributed by atoms with Crippen molar-refractivity contribution in [2.24, 2.45) is 0 Å². The maximum atomic E-state index is 11.8. The number of nitrogens with one attached hydrogen (secondary N) is 1. The third-order valence-electron chi connectivity index (χ3n) is 5.51. The first kappa shape index (κ1) is 23.1. The molecule has 2 aromatic rings. The van der Waals surface area contributed by atoms with Crippen LogP contribution >= 0.6 is 23.8 Å². The van der Waals surface area contributed by atoms with E-state index in [0.717, 1.165) is 12.8 Å². The van der Waals surface area contributed by atoms with Crippen molar-refractivity contribution < 1.29 is 29.6 Å². The molecule has 1 saturated carbocycles. The molecule has 2 heterocycles. The van der Waals surface area contributed by atoms with Crippen molar-refractivity contribution in [1.82, 2.24) is 19.7 Å². The Morgan fingerprint density at radius 1 is 1.31 bits per heavy atom. The number of rotatable bonds is 7. The van der Waals surface area contributed by atoms with E-state index in [-0.39, 0.29) is 12.6 Å². The lowest BCUT2D eigenvalue weighted by atomic mass is 9.96. The normalized spacial score (nSPS) is 27.8. The number of nitrogens with zero attached hydrogens (tertiary/aromatic N) is 3. The first-order valence-corrected chi connectivity index (χ1v) is 11.1. The fourth-order valence-corrected chi connectivity index (χ4v) is 4.30. The summed E-state index contributed by atoms with van der Waals surface area (Å²) in [4.78, 5) is 11.8. The van der Waals surface area contributed by atoms with Gasteiger partial charge in [-0.3, -0.25) is 9.36 Å². The van der Waals surface area contributed by atoms with E-state index in [2.05, 4.69) is 10.4 Å². The van der Waals surface area contributed by atoms with Crippen LogP contribution in [0.3, 0.4) is 0 Å². The van der Waals surface area contributed by atoms with Gasteiger partial charge in [0.1, 0.15) is 36.7 Å². The van der Waals surface area contributed by atoms with Crippen molar-refractivity contribution in [3.05, 3.63) is 39.9 Å². The smallest absolute Gasteiger partial charge is 0.217 e. The summed E-state index contributed by atoms with van der Waals surface area (Å²) in [5, 5.41) is 38.3. The third-order valence-corrected chi connectivity index (χ3v) is 6.14. The van der Waals surface area contributed by atoms with Gasteiger partial charge in [0, 0.05) is 18.0 Å². The SMILES string of the molecule is CC(=O)N[C@@H]1[C@H](O)[C@H](O)[C@@H](CO)O[C@@H]1n1nc(COc2ccc(Cl)cc2)n(C2CC2)c1=S. The highest BCUT2D eigenvalue weighted by Crippen LogP contribution is 2.38. The second-order valence-electron chi connectivity index (χ2n) is 7.94. The first-order valence-electron chi connectivity index (χ1n) is 10.3. The monoisotopic (exact) mass is 484 g/mol. The molecule has 1 aromatic carbocycles. The Bertz CT molecular complexity index is 1020. The van der Waals surface area contributed by atoms with Gasteiger partial charge in [-0.15, -0.1) is 0 Å². The van der Waals surface area contributed by atoms with E-state index in [1.165, 1.54) is 11.6 Å². The molecule has 0 unspecified atom stereocenters. The quantitative estimate of drug-likeness (QED) is 0.430. The summed E-state index contributed by atoms with van der Waals surface area (Å²) in [7, 11) is 0. The number of benzene rings is 1. The highest BCUT2D eigenvalue weighted by molar-refractivity contribution is 7.71. The van der Waals surface area contributed by atoms with Crippen molar-refractivity contribution in [2.45, 2.75) is 63.0 Å². The van der Waals surface area contributed by atoms with Crippen LogP contribution in [0.25, 0.3) is 0 Å². The van der Waals surface area contributed by atoms with Gasteiger partial charge in [0.25, 0.3) is 0 Å². The number of aliphatic hydroxyl groups excluding tert-OH is 3. The molecule has 0 bridgehead atoms. The highest BCUT2D eigenvalue weighted by atomic mass is 35.5. The maximum Gasteiger partial charge on any atom is 0.217 e. The molecular formula is C20H25ClN4O6S. The van der Waals surface area contributed by atoms with Crippen molar-refractivity contribution in [2.75, 3.05) is 6.61 Å². The van der Waals surface area contributed by atoms with Crippen LogP contribution in [0.5, 0.6) is 5.75 Å². The van der Waals surface area contributed by atoms with Crippen LogP contribution in [0.1, 0.15) is 37.9 Å². The summed E-state index contributed by atoms with van der Waals surface area (Å²) in [5.74, 6) is 0.747. The van der Waals surface area contributed by atoms with Crippen molar-refractivity contribution in [3.63, 3.8) is 0 Å². The maximum absolute atomic E-state index is 11.8. The average Bonchev–Trinajstić information content (AvgIpc) is 3.54. The molecule has 2 fully saturated rings. The average molecular weight is 485 g/mol. The molecule has 12 heteroatoms. The zero-order chi connectivity index (χ0) is 23.0.